The van der Waals surface area contributed by atoms with Crippen molar-refractivity contribution in [3.63, 3.8) is 0 Å². The van der Waals surface area contributed by atoms with Gasteiger partial charge in [-0.1, -0.05) is 18.2 Å². The van der Waals surface area contributed by atoms with Gasteiger partial charge in [0.05, 0.1) is 17.6 Å². The minimum Gasteiger partial charge on any atom is -0.504 e. The van der Waals surface area contributed by atoms with Crippen LogP contribution in [0.5, 0.6) is 0 Å². The summed E-state index contributed by atoms with van der Waals surface area (Å²) in [4.78, 5) is 17.0. The lowest BCUT2D eigenvalue weighted by Gasteiger charge is -2.05. The first-order chi connectivity index (χ1) is 11.3. The summed E-state index contributed by atoms with van der Waals surface area (Å²) in [6, 6.07) is 16.3. The van der Waals surface area contributed by atoms with E-state index in [1.807, 2.05) is 24.3 Å². The van der Waals surface area contributed by atoms with Crippen LogP contribution in [0.25, 0.3) is 11.5 Å². The monoisotopic (exact) mass is 302 g/mol. The molecule has 3 rings (SSSR count). The molecule has 3 aromatic rings. The Kier molecular flexibility index (Phi) is 4.49. The molecule has 0 fully saturated rings. The number of nitrogens with zero attached hydrogens (tertiary/aromatic N) is 4. The molecule has 5 heteroatoms. The van der Waals surface area contributed by atoms with Crippen LogP contribution in [0.1, 0.15) is 17.1 Å². The Morgan fingerprint density at radius 1 is 0.783 bits per heavy atom. The van der Waals surface area contributed by atoms with E-state index in [9.17, 15) is 5.11 Å². The maximum Gasteiger partial charge on any atom is 0.169 e. The standard InChI is InChI=1S/C18H14N4O/c23-18(16-9-3-6-12-21-16)17(15-8-2-5-11-20-15)22-13-14-7-1-4-10-19-14/h1-13,23H/b18-17+,22-13?. The molecule has 0 spiro atoms. The highest BCUT2D eigenvalue weighted by Crippen LogP contribution is 2.22. The molecule has 0 aromatic carbocycles. The minimum absolute atomic E-state index is 0.0310. The average molecular weight is 302 g/mol. The maximum atomic E-state index is 10.6. The van der Waals surface area contributed by atoms with Gasteiger partial charge in [0.15, 0.2) is 5.76 Å². The van der Waals surface area contributed by atoms with Crippen LogP contribution in [0.2, 0.25) is 0 Å². The number of aliphatic hydroxyl groups excluding tert-OH is 1. The fourth-order valence-corrected chi connectivity index (χ4v) is 1.96. The predicted molar refractivity (Wildman–Crippen MR) is 89.7 cm³/mol. The van der Waals surface area contributed by atoms with Gasteiger partial charge in [0.2, 0.25) is 0 Å². The van der Waals surface area contributed by atoms with Gasteiger partial charge in [0, 0.05) is 18.6 Å². The number of rotatable bonds is 4. The molecule has 0 atom stereocenters. The number of aliphatic hydroxyl groups is 1. The molecule has 0 aliphatic carbocycles. The summed E-state index contributed by atoms with van der Waals surface area (Å²) >= 11 is 0. The van der Waals surface area contributed by atoms with Crippen molar-refractivity contribution in [1.82, 2.24) is 15.0 Å². The molecule has 0 aliphatic rings. The fraction of sp³-hybridized carbons (Fsp3) is 0. The third-order valence-electron chi connectivity index (χ3n) is 3.05. The summed E-state index contributed by atoms with van der Waals surface area (Å²) in [7, 11) is 0. The first-order valence-corrected chi connectivity index (χ1v) is 7.06. The molecule has 0 bridgehead atoms. The van der Waals surface area contributed by atoms with Gasteiger partial charge in [-0.15, -0.1) is 0 Å². The molecule has 0 saturated carbocycles. The number of aliphatic imine (C=N–C) groups is 1. The van der Waals surface area contributed by atoms with Gasteiger partial charge in [-0.3, -0.25) is 15.0 Å². The second kappa shape index (κ2) is 7.09. The molecular weight excluding hydrogens is 288 g/mol. The second-order valence-corrected chi connectivity index (χ2v) is 4.64. The zero-order valence-corrected chi connectivity index (χ0v) is 12.2. The van der Waals surface area contributed by atoms with Crippen molar-refractivity contribution in [3.05, 3.63) is 90.3 Å². The number of aromatic nitrogens is 3. The van der Waals surface area contributed by atoms with E-state index in [-0.39, 0.29) is 5.76 Å². The summed E-state index contributed by atoms with van der Waals surface area (Å²) in [5, 5.41) is 10.6. The van der Waals surface area contributed by atoms with Crippen molar-refractivity contribution in [2.75, 3.05) is 0 Å². The summed E-state index contributed by atoms with van der Waals surface area (Å²) < 4.78 is 0. The molecule has 1 N–H and O–H groups in total. The molecule has 0 amide bonds. The van der Waals surface area contributed by atoms with E-state index in [1.165, 1.54) is 0 Å². The van der Waals surface area contributed by atoms with E-state index in [1.54, 1.807) is 55.1 Å². The van der Waals surface area contributed by atoms with Crippen LogP contribution >= 0.6 is 0 Å². The van der Waals surface area contributed by atoms with Crippen LogP contribution in [0.4, 0.5) is 0 Å². The Morgan fingerprint density at radius 3 is 1.96 bits per heavy atom. The lowest BCUT2D eigenvalue weighted by Crippen LogP contribution is -1.96. The van der Waals surface area contributed by atoms with E-state index < -0.39 is 0 Å². The number of hydrogen-bond donors (Lipinski definition) is 1. The van der Waals surface area contributed by atoms with Crippen LogP contribution in [0.15, 0.2) is 78.2 Å². The first kappa shape index (κ1) is 14.6. The van der Waals surface area contributed by atoms with Gasteiger partial charge in [0.1, 0.15) is 11.4 Å². The Bertz CT molecular complexity index is 815. The van der Waals surface area contributed by atoms with Gasteiger partial charge in [-0.2, -0.15) is 0 Å². The Hall–Kier alpha value is -3.34. The van der Waals surface area contributed by atoms with Gasteiger partial charge < -0.3 is 5.11 Å². The van der Waals surface area contributed by atoms with E-state index in [2.05, 4.69) is 19.9 Å². The molecular formula is C18H14N4O. The highest BCUT2D eigenvalue weighted by molar-refractivity contribution is 5.90. The summed E-state index contributed by atoms with van der Waals surface area (Å²) in [5.74, 6) is -0.0310. The van der Waals surface area contributed by atoms with Crippen LogP contribution in [-0.4, -0.2) is 26.3 Å². The number of pyridine rings is 3. The van der Waals surface area contributed by atoms with Gasteiger partial charge in [0.25, 0.3) is 0 Å². The molecule has 23 heavy (non-hydrogen) atoms. The van der Waals surface area contributed by atoms with E-state index in [4.69, 9.17) is 0 Å². The molecule has 5 nitrogen and oxygen atoms in total. The SMILES string of the molecule is O/C(=C(/N=Cc1ccccn1)c1ccccn1)c1ccccn1. The molecule has 112 valence electrons. The minimum atomic E-state index is -0.0310. The Labute approximate surface area is 133 Å². The van der Waals surface area contributed by atoms with Gasteiger partial charge in [-0.05, 0) is 36.4 Å². The van der Waals surface area contributed by atoms with Crippen LogP contribution in [0, 0.1) is 0 Å². The van der Waals surface area contributed by atoms with Crippen LogP contribution in [0.3, 0.4) is 0 Å². The lowest BCUT2D eigenvalue weighted by molar-refractivity contribution is 0.509. The zero-order valence-electron chi connectivity index (χ0n) is 12.2. The summed E-state index contributed by atoms with van der Waals surface area (Å²) in [6.07, 6.45) is 6.54. The lowest BCUT2D eigenvalue weighted by atomic mass is 10.2. The van der Waals surface area contributed by atoms with Gasteiger partial charge >= 0.3 is 0 Å². The Morgan fingerprint density at radius 2 is 1.39 bits per heavy atom. The normalized spacial score (nSPS) is 12.2. The summed E-state index contributed by atoms with van der Waals surface area (Å²) in [5.41, 5.74) is 2.03. The van der Waals surface area contributed by atoms with Crippen molar-refractivity contribution < 1.29 is 5.11 Å². The molecule has 0 unspecified atom stereocenters. The van der Waals surface area contributed by atoms with Crippen LogP contribution < -0.4 is 0 Å². The average Bonchev–Trinajstić information content (AvgIpc) is 2.64. The van der Waals surface area contributed by atoms with Crippen molar-refractivity contribution >= 4 is 17.7 Å². The second-order valence-electron chi connectivity index (χ2n) is 4.64. The highest BCUT2D eigenvalue weighted by atomic mass is 16.3. The third-order valence-corrected chi connectivity index (χ3v) is 3.05. The molecule has 3 heterocycles. The molecule has 0 radical (unpaired) electrons. The van der Waals surface area contributed by atoms with Crippen molar-refractivity contribution in [3.8, 4) is 0 Å². The zero-order chi connectivity index (χ0) is 15.9. The molecule has 3 aromatic heterocycles. The van der Waals surface area contributed by atoms with Gasteiger partial charge in [-0.25, -0.2) is 4.99 Å². The largest absolute Gasteiger partial charge is 0.504 e. The fourth-order valence-electron chi connectivity index (χ4n) is 1.96. The molecule has 0 saturated heterocycles. The number of hydrogen-bond acceptors (Lipinski definition) is 5. The topological polar surface area (TPSA) is 71.3 Å². The quantitative estimate of drug-likeness (QED) is 0.592. The Balaban J connectivity index is 2.06. The summed E-state index contributed by atoms with van der Waals surface area (Å²) in [6.45, 7) is 0. The molecule has 0 aliphatic heterocycles. The smallest absolute Gasteiger partial charge is 0.169 e. The highest BCUT2D eigenvalue weighted by Gasteiger charge is 2.11. The van der Waals surface area contributed by atoms with E-state index >= 15 is 0 Å². The van der Waals surface area contributed by atoms with Crippen molar-refractivity contribution in [2.24, 2.45) is 4.99 Å². The van der Waals surface area contributed by atoms with Crippen molar-refractivity contribution in [1.29, 1.82) is 0 Å². The first-order valence-electron chi connectivity index (χ1n) is 7.06. The predicted octanol–water partition coefficient (Wildman–Crippen LogP) is 3.37. The third kappa shape index (κ3) is 3.65. The van der Waals surface area contributed by atoms with E-state index in [0.29, 0.717) is 22.8 Å². The van der Waals surface area contributed by atoms with E-state index in [0.717, 1.165) is 0 Å². The van der Waals surface area contributed by atoms with Crippen molar-refractivity contribution in [2.45, 2.75) is 0 Å². The maximum absolute atomic E-state index is 10.6. The van der Waals surface area contributed by atoms with Crippen LogP contribution in [-0.2, 0) is 0 Å².